The van der Waals surface area contributed by atoms with Gasteiger partial charge in [0.05, 0.1) is 11.1 Å². The lowest BCUT2D eigenvalue weighted by atomic mass is 9.97. The van der Waals surface area contributed by atoms with E-state index in [4.69, 9.17) is 16.6 Å². The molecule has 29 heavy (non-hydrogen) atoms. The summed E-state index contributed by atoms with van der Waals surface area (Å²) in [5, 5.41) is 2.19. The van der Waals surface area contributed by atoms with Gasteiger partial charge in [0.1, 0.15) is 4.83 Å². The first kappa shape index (κ1) is 18.9. The number of halogens is 1. The number of fused-ring (bicyclic) bond motifs is 3. The van der Waals surface area contributed by atoms with Gasteiger partial charge in [-0.15, -0.1) is 11.3 Å². The van der Waals surface area contributed by atoms with Crippen molar-refractivity contribution in [3.8, 4) is 5.69 Å². The fraction of sp³-hybridized carbons (Fsp3) is 0.217. The Balaban J connectivity index is 1.68. The third kappa shape index (κ3) is 3.63. The van der Waals surface area contributed by atoms with Crippen LogP contribution in [0.25, 0.3) is 15.9 Å². The average molecular weight is 439 g/mol. The molecule has 0 saturated heterocycles. The average Bonchev–Trinajstić information content (AvgIpc) is 3.13. The Hall–Kier alpha value is -2.08. The fourth-order valence-electron chi connectivity index (χ4n) is 3.82. The molecule has 0 fully saturated rings. The van der Waals surface area contributed by atoms with Crippen LogP contribution >= 0.6 is 34.7 Å². The van der Waals surface area contributed by atoms with Gasteiger partial charge >= 0.3 is 0 Å². The van der Waals surface area contributed by atoms with Crippen LogP contribution in [0.4, 0.5) is 0 Å². The SMILES string of the molecule is O=c1c2c3c(sc2nc(SCc2ccccc2)n1-c1ccc(Cl)cc1)CCCC3. The third-order valence-electron chi connectivity index (χ3n) is 5.25. The maximum atomic E-state index is 13.7. The van der Waals surface area contributed by atoms with Crippen LogP contribution in [-0.4, -0.2) is 9.55 Å². The monoisotopic (exact) mass is 438 g/mol. The van der Waals surface area contributed by atoms with Crippen LogP contribution < -0.4 is 5.56 Å². The van der Waals surface area contributed by atoms with Gasteiger partial charge in [-0.1, -0.05) is 53.7 Å². The number of aryl methyl sites for hydroxylation is 2. The summed E-state index contributed by atoms with van der Waals surface area (Å²) in [4.78, 5) is 20.8. The normalized spacial score (nSPS) is 13.6. The summed E-state index contributed by atoms with van der Waals surface area (Å²) in [6, 6.07) is 17.7. The minimum Gasteiger partial charge on any atom is -0.268 e. The number of nitrogens with zero attached hydrogens (tertiary/aromatic N) is 2. The zero-order chi connectivity index (χ0) is 19.8. The molecular formula is C23H19ClN2OS2. The molecule has 4 aromatic rings. The molecule has 0 spiro atoms. The topological polar surface area (TPSA) is 34.9 Å². The van der Waals surface area contributed by atoms with Gasteiger partial charge in [0.2, 0.25) is 0 Å². The number of hydrogen-bond acceptors (Lipinski definition) is 4. The molecule has 0 radical (unpaired) electrons. The number of rotatable bonds is 4. The van der Waals surface area contributed by atoms with E-state index < -0.39 is 0 Å². The van der Waals surface area contributed by atoms with Crippen molar-refractivity contribution >= 4 is 44.9 Å². The van der Waals surface area contributed by atoms with Crippen molar-refractivity contribution in [3.05, 3.63) is 86.0 Å². The second kappa shape index (κ2) is 7.98. The first-order chi connectivity index (χ1) is 14.2. The highest BCUT2D eigenvalue weighted by Crippen LogP contribution is 2.35. The highest BCUT2D eigenvalue weighted by molar-refractivity contribution is 7.98. The van der Waals surface area contributed by atoms with E-state index in [9.17, 15) is 4.79 Å². The molecule has 2 aromatic carbocycles. The van der Waals surface area contributed by atoms with Gasteiger partial charge in [-0.05, 0) is 61.1 Å². The van der Waals surface area contributed by atoms with Crippen LogP contribution in [0.15, 0.2) is 64.5 Å². The molecule has 146 valence electrons. The summed E-state index contributed by atoms with van der Waals surface area (Å²) < 4.78 is 1.76. The summed E-state index contributed by atoms with van der Waals surface area (Å²) >= 11 is 9.38. The molecule has 6 heteroatoms. The van der Waals surface area contributed by atoms with Crippen molar-refractivity contribution in [2.45, 2.75) is 36.6 Å². The van der Waals surface area contributed by atoms with Gasteiger partial charge in [0, 0.05) is 15.7 Å². The number of thiophene rings is 1. The van der Waals surface area contributed by atoms with E-state index in [0.29, 0.717) is 5.02 Å². The van der Waals surface area contributed by atoms with E-state index in [0.717, 1.165) is 46.1 Å². The quantitative estimate of drug-likeness (QED) is 0.278. The minimum absolute atomic E-state index is 0.0345. The van der Waals surface area contributed by atoms with Crippen LogP contribution in [0.1, 0.15) is 28.8 Å². The zero-order valence-corrected chi connectivity index (χ0v) is 18.1. The summed E-state index contributed by atoms with van der Waals surface area (Å²) in [7, 11) is 0. The Bertz CT molecular complexity index is 1230. The summed E-state index contributed by atoms with van der Waals surface area (Å²) in [5.74, 6) is 0.761. The molecule has 0 aliphatic heterocycles. The van der Waals surface area contributed by atoms with Gasteiger partial charge in [0.25, 0.3) is 5.56 Å². The molecule has 0 amide bonds. The standard InChI is InChI=1S/C23H19ClN2OS2/c24-16-10-12-17(13-11-16)26-22(27)20-18-8-4-5-9-19(18)29-21(20)25-23(26)28-14-15-6-2-1-3-7-15/h1-3,6-7,10-13H,4-5,8-9,14H2. The Morgan fingerprint density at radius 3 is 2.59 bits per heavy atom. The van der Waals surface area contributed by atoms with Gasteiger partial charge in [0.15, 0.2) is 5.16 Å². The summed E-state index contributed by atoms with van der Waals surface area (Å²) in [6.07, 6.45) is 4.37. The molecule has 1 aliphatic rings. The van der Waals surface area contributed by atoms with Crippen molar-refractivity contribution < 1.29 is 0 Å². The van der Waals surface area contributed by atoms with Crippen molar-refractivity contribution in [3.63, 3.8) is 0 Å². The van der Waals surface area contributed by atoms with Crippen molar-refractivity contribution in [2.24, 2.45) is 0 Å². The van der Waals surface area contributed by atoms with E-state index in [1.165, 1.54) is 22.4 Å². The fourth-order valence-corrected chi connectivity index (χ4v) is 6.22. The molecule has 3 nitrogen and oxygen atoms in total. The molecule has 2 aromatic heterocycles. The van der Waals surface area contributed by atoms with Crippen molar-refractivity contribution in [2.75, 3.05) is 0 Å². The third-order valence-corrected chi connectivity index (χ3v) is 7.70. The van der Waals surface area contributed by atoms with E-state index in [1.54, 1.807) is 27.7 Å². The zero-order valence-electron chi connectivity index (χ0n) is 15.7. The van der Waals surface area contributed by atoms with E-state index in [-0.39, 0.29) is 5.56 Å². The van der Waals surface area contributed by atoms with Crippen LogP contribution in [0, 0.1) is 0 Å². The lowest BCUT2D eigenvalue weighted by molar-refractivity contribution is 0.699. The molecule has 0 saturated carbocycles. The first-order valence-electron chi connectivity index (χ1n) is 9.70. The maximum Gasteiger partial charge on any atom is 0.267 e. The van der Waals surface area contributed by atoms with Crippen LogP contribution in [-0.2, 0) is 18.6 Å². The minimum atomic E-state index is 0.0345. The smallest absolute Gasteiger partial charge is 0.267 e. The second-order valence-electron chi connectivity index (χ2n) is 7.18. The van der Waals surface area contributed by atoms with Gasteiger partial charge in [-0.2, -0.15) is 0 Å². The van der Waals surface area contributed by atoms with Crippen molar-refractivity contribution in [1.82, 2.24) is 9.55 Å². The van der Waals surface area contributed by atoms with Crippen LogP contribution in [0.2, 0.25) is 5.02 Å². The van der Waals surface area contributed by atoms with Crippen molar-refractivity contribution in [1.29, 1.82) is 0 Å². The number of thioether (sulfide) groups is 1. The largest absolute Gasteiger partial charge is 0.268 e. The Labute approximate surface area is 182 Å². The van der Waals surface area contributed by atoms with Gasteiger partial charge in [-0.25, -0.2) is 4.98 Å². The molecule has 5 rings (SSSR count). The van der Waals surface area contributed by atoms with Crippen LogP contribution in [0.5, 0.6) is 0 Å². The Morgan fingerprint density at radius 2 is 1.79 bits per heavy atom. The van der Waals surface area contributed by atoms with E-state index in [1.807, 2.05) is 42.5 Å². The van der Waals surface area contributed by atoms with Crippen LogP contribution in [0.3, 0.4) is 0 Å². The number of aromatic nitrogens is 2. The summed E-state index contributed by atoms with van der Waals surface area (Å²) in [6.45, 7) is 0. The van der Waals surface area contributed by atoms with Gasteiger partial charge < -0.3 is 0 Å². The molecule has 1 aliphatic carbocycles. The maximum absolute atomic E-state index is 13.7. The predicted octanol–water partition coefficient (Wildman–Crippen LogP) is 6.27. The molecule has 0 unspecified atom stereocenters. The molecule has 0 atom stereocenters. The highest BCUT2D eigenvalue weighted by atomic mass is 35.5. The lowest BCUT2D eigenvalue weighted by Crippen LogP contribution is -2.22. The van der Waals surface area contributed by atoms with E-state index in [2.05, 4.69) is 12.1 Å². The molecule has 0 bridgehead atoms. The predicted molar refractivity (Wildman–Crippen MR) is 123 cm³/mol. The second-order valence-corrected chi connectivity index (χ2v) is 9.64. The van der Waals surface area contributed by atoms with Gasteiger partial charge in [-0.3, -0.25) is 9.36 Å². The first-order valence-corrected chi connectivity index (χ1v) is 11.9. The lowest BCUT2D eigenvalue weighted by Gasteiger charge is -2.14. The highest BCUT2D eigenvalue weighted by Gasteiger charge is 2.22. The number of benzene rings is 2. The molecular weight excluding hydrogens is 420 g/mol. The summed E-state index contributed by atoms with van der Waals surface area (Å²) in [5.41, 5.74) is 3.27. The number of hydrogen-bond donors (Lipinski definition) is 0. The molecule has 2 heterocycles. The van der Waals surface area contributed by atoms with E-state index >= 15 is 0 Å². The Morgan fingerprint density at radius 1 is 1.03 bits per heavy atom. The molecule has 0 N–H and O–H groups in total. The Kier molecular flexibility index (Phi) is 5.20.